The predicted octanol–water partition coefficient (Wildman–Crippen LogP) is 3.49. The standard InChI is InChI=1S/C23H19F3N2O4/c1-13(32-20(30)11-15-7-4-6-14-5-2-3-8-16(14)15)23(31)27-12-19(29)28-18-10-9-17(24)21(25)22(18)26/h2-10,13H,11-12H2,1H3,(H,27,31)(H,28,29). The van der Waals surface area contributed by atoms with E-state index in [1.807, 2.05) is 41.7 Å². The van der Waals surface area contributed by atoms with Gasteiger partial charge < -0.3 is 15.4 Å². The minimum Gasteiger partial charge on any atom is -0.452 e. The highest BCUT2D eigenvalue weighted by molar-refractivity contribution is 5.95. The molecule has 0 radical (unpaired) electrons. The van der Waals surface area contributed by atoms with Crippen LogP contribution >= 0.6 is 0 Å². The largest absolute Gasteiger partial charge is 0.452 e. The molecule has 9 heteroatoms. The molecule has 166 valence electrons. The summed E-state index contributed by atoms with van der Waals surface area (Å²) >= 11 is 0. The molecule has 0 saturated heterocycles. The van der Waals surface area contributed by atoms with Crippen molar-refractivity contribution in [3.63, 3.8) is 0 Å². The summed E-state index contributed by atoms with van der Waals surface area (Å²) in [7, 11) is 0. The maximum absolute atomic E-state index is 13.6. The van der Waals surface area contributed by atoms with E-state index in [0.29, 0.717) is 6.07 Å². The predicted molar refractivity (Wildman–Crippen MR) is 111 cm³/mol. The molecule has 3 aromatic rings. The average molecular weight is 444 g/mol. The van der Waals surface area contributed by atoms with Gasteiger partial charge in [0.05, 0.1) is 18.7 Å². The molecule has 0 aliphatic heterocycles. The molecule has 1 unspecified atom stereocenters. The second kappa shape index (κ2) is 9.95. The first-order valence-corrected chi connectivity index (χ1v) is 9.63. The van der Waals surface area contributed by atoms with Gasteiger partial charge in [-0.25, -0.2) is 13.2 Å². The molecule has 3 rings (SSSR count). The van der Waals surface area contributed by atoms with Gasteiger partial charge in [0.15, 0.2) is 23.6 Å². The van der Waals surface area contributed by atoms with Gasteiger partial charge in [0.2, 0.25) is 5.91 Å². The van der Waals surface area contributed by atoms with Crippen molar-refractivity contribution >= 4 is 34.2 Å². The molecule has 0 heterocycles. The zero-order valence-corrected chi connectivity index (χ0v) is 17.0. The fraction of sp³-hybridized carbons (Fsp3) is 0.174. The van der Waals surface area contributed by atoms with E-state index >= 15 is 0 Å². The summed E-state index contributed by atoms with van der Waals surface area (Å²) in [6.07, 6.45) is -1.24. The summed E-state index contributed by atoms with van der Waals surface area (Å²) in [4.78, 5) is 36.2. The molecule has 0 fully saturated rings. The minimum absolute atomic E-state index is 0.0468. The van der Waals surface area contributed by atoms with Crippen LogP contribution < -0.4 is 10.6 Å². The average Bonchev–Trinajstić information content (AvgIpc) is 2.78. The zero-order valence-electron chi connectivity index (χ0n) is 17.0. The van der Waals surface area contributed by atoms with Crippen molar-refractivity contribution in [3.05, 3.63) is 77.6 Å². The topological polar surface area (TPSA) is 84.5 Å². The van der Waals surface area contributed by atoms with Crippen molar-refractivity contribution in [2.45, 2.75) is 19.4 Å². The number of benzene rings is 3. The number of ether oxygens (including phenoxy) is 1. The number of nitrogens with one attached hydrogen (secondary N) is 2. The lowest BCUT2D eigenvalue weighted by Gasteiger charge is -2.14. The third kappa shape index (κ3) is 5.42. The molecule has 0 aliphatic rings. The van der Waals surface area contributed by atoms with Gasteiger partial charge in [0.1, 0.15) is 0 Å². The van der Waals surface area contributed by atoms with Crippen molar-refractivity contribution in [1.82, 2.24) is 5.32 Å². The highest BCUT2D eigenvalue weighted by atomic mass is 19.2. The van der Waals surface area contributed by atoms with Crippen molar-refractivity contribution in [2.75, 3.05) is 11.9 Å². The van der Waals surface area contributed by atoms with Crippen molar-refractivity contribution in [2.24, 2.45) is 0 Å². The molecule has 2 amide bonds. The van der Waals surface area contributed by atoms with E-state index in [2.05, 4.69) is 5.32 Å². The normalized spacial score (nSPS) is 11.6. The first kappa shape index (κ1) is 22.8. The zero-order chi connectivity index (χ0) is 23.3. The number of halogens is 3. The van der Waals surface area contributed by atoms with E-state index in [9.17, 15) is 27.6 Å². The van der Waals surface area contributed by atoms with Gasteiger partial charge in [-0.1, -0.05) is 42.5 Å². The van der Waals surface area contributed by atoms with Crippen molar-refractivity contribution in [3.8, 4) is 0 Å². The Morgan fingerprint density at radius 3 is 2.44 bits per heavy atom. The van der Waals surface area contributed by atoms with Crippen LogP contribution in [0.5, 0.6) is 0 Å². The van der Waals surface area contributed by atoms with Crippen LogP contribution in [0, 0.1) is 17.5 Å². The van der Waals surface area contributed by atoms with Crippen LogP contribution in [0.25, 0.3) is 10.8 Å². The SMILES string of the molecule is CC(OC(=O)Cc1cccc2ccccc12)C(=O)NCC(=O)Nc1ccc(F)c(F)c1F. The second-order valence-corrected chi connectivity index (χ2v) is 6.94. The number of esters is 1. The van der Waals surface area contributed by atoms with Gasteiger partial charge >= 0.3 is 5.97 Å². The number of hydrogen-bond donors (Lipinski definition) is 2. The Balaban J connectivity index is 1.50. The summed E-state index contributed by atoms with van der Waals surface area (Å²) < 4.78 is 44.9. The molecule has 3 aromatic carbocycles. The van der Waals surface area contributed by atoms with Crippen LogP contribution in [0.15, 0.2) is 54.6 Å². The van der Waals surface area contributed by atoms with Crippen LogP contribution in [-0.4, -0.2) is 30.4 Å². The summed E-state index contributed by atoms with van der Waals surface area (Å²) in [5.41, 5.74) is 0.173. The Morgan fingerprint density at radius 2 is 1.66 bits per heavy atom. The van der Waals surface area contributed by atoms with Gasteiger partial charge in [0, 0.05) is 0 Å². The molecule has 0 aromatic heterocycles. The van der Waals surface area contributed by atoms with Crippen molar-refractivity contribution < 1.29 is 32.3 Å². The van der Waals surface area contributed by atoms with Crippen LogP contribution in [0.2, 0.25) is 0 Å². The number of fused-ring (bicyclic) bond motifs is 1. The summed E-state index contributed by atoms with van der Waals surface area (Å²) in [5.74, 6) is -6.93. The van der Waals surface area contributed by atoms with Crippen LogP contribution in [0.3, 0.4) is 0 Å². The third-order valence-corrected chi connectivity index (χ3v) is 4.62. The minimum atomic E-state index is -1.72. The molecule has 1 atom stereocenters. The summed E-state index contributed by atoms with van der Waals surface area (Å²) in [6, 6.07) is 14.6. The van der Waals surface area contributed by atoms with E-state index in [-0.39, 0.29) is 6.42 Å². The molecule has 0 spiro atoms. The fourth-order valence-electron chi connectivity index (χ4n) is 3.02. The molecule has 0 aliphatic carbocycles. The molecule has 0 bridgehead atoms. The Labute approximate surface area is 181 Å². The molecule has 2 N–H and O–H groups in total. The molecule has 6 nitrogen and oxygen atoms in total. The highest BCUT2D eigenvalue weighted by Gasteiger charge is 2.20. The first-order valence-electron chi connectivity index (χ1n) is 9.63. The Bertz CT molecular complexity index is 1180. The van der Waals surface area contributed by atoms with Crippen LogP contribution in [0.4, 0.5) is 18.9 Å². The maximum Gasteiger partial charge on any atom is 0.311 e. The van der Waals surface area contributed by atoms with E-state index < -0.39 is 53.6 Å². The first-order chi connectivity index (χ1) is 15.3. The lowest BCUT2D eigenvalue weighted by molar-refractivity contribution is -0.154. The highest BCUT2D eigenvalue weighted by Crippen LogP contribution is 2.20. The smallest absolute Gasteiger partial charge is 0.311 e. The quantitative estimate of drug-likeness (QED) is 0.432. The van der Waals surface area contributed by atoms with Gasteiger partial charge in [-0.3, -0.25) is 14.4 Å². The maximum atomic E-state index is 13.6. The van der Waals surface area contributed by atoms with Crippen LogP contribution in [0.1, 0.15) is 12.5 Å². The molecule has 32 heavy (non-hydrogen) atoms. The fourth-order valence-corrected chi connectivity index (χ4v) is 3.02. The molecule has 0 saturated carbocycles. The third-order valence-electron chi connectivity index (χ3n) is 4.62. The Morgan fingerprint density at radius 1 is 0.938 bits per heavy atom. The second-order valence-electron chi connectivity index (χ2n) is 6.94. The number of anilines is 1. The summed E-state index contributed by atoms with van der Waals surface area (Å²) in [5, 5.41) is 6.11. The number of hydrogen-bond acceptors (Lipinski definition) is 4. The van der Waals surface area contributed by atoms with Crippen LogP contribution in [-0.2, 0) is 25.5 Å². The molecular formula is C23H19F3N2O4. The number of amides is 2. The Kier molecular flexibility index (Phi) is 7.09. The Hall–Kier alpha value is -3.88. The molecular weight excluding hydrogens is 425 g/mol. The van der Waals surface area contributed by atoms with Crippen molar-refractivity contribution in [1.29, 1.82) is 0 Å². The van der Waals surface area contributed by atoms with E-state index in [4.69, 9.17) is 4.74 Å². The van der Waals surface area contributed by atoms with Gasteiger partial charge in [0.25, 0.3) is 5.91 Å². The lowest BCUT2D eigenvalue weighted by Crippen LogP contribution is -2.40. The van der Waals surface area contributed by atoms with Gasteiger partial charge in [-0.2, -0.15) is 0 Å². The van der Waals surface area contributed by atoms with E-state index in [0.717, 1.165) is 22.4 Å². The van der Waals surface area contributed by atoms with Gasteiger partial charge in [-0.15, -0.1) is 0 Å². The monoisotopic (exact) mass is 444 g/mol. The van der Waals surface area contributed by atoms with Gasteiger partial charge in [-0.05, 0) is 35.4 Å². The number of carbonyl (C=O) groups excluding carboxylic acids is 3. The van der Waals surface area contributed by atoms with E-state index in [1.54, 1.807) is 6.07 Å². The summed E-state index contributed by atoms with van der Waals surface area (Å²) in [6.45, 7) is 0.742. The number of carbonyl (C=O) groups is 3. The number of rotatable bonds is 7. The lowest BCUT2D eigenvalue weighted by atomic mass is 10.0. The van der Waals surface area contributed by atoms with E-state index in [1.165, 1.54) is 6.92 Å².